The Morgan fingerprint density at radius 3 is 2.06 bits per heavy atom. The predicted octanol–water partition coefficient (Wildman–Crippen LogP) is -0.741. The van der Waals surface area contributed by atoms with Crippen molar-refractivity contribution in [2.75, 3.05) is 0 Å². The average Bonchev–Trinajstić information content (AvgIpc) is 2.79. The van der Waals surface area contributed by atoms with Gasteiger partial charge in [0.25, 0.3) is 0 Å². The van der Waals surface area contributed by atoms with Crippen LogP contribution < -0.4 is 10.2 Å². The summed E-state index contributed by atoms with van der Waals surface area (Å²) in [5.74, 6) is -6.76. The molecule has 0 unspecified atom stereocenters. The van der Waals surface area contributed by atoms with Gasteiger partial charge in [-0.2, -0.15) is 0 Å². The molecule has 5 atom stereocenters. The molecule has 3 aromatic rings. The van der Waals surface area contributed by atoms with Crippen molar-refractivity contribution >= 4 is 16.9 Å². The Morgan fingerprint density at radius 2 is 1.46 bits per heavy atom. The van der Waals surface area contributed by atoms with Crippen LogP contribution in [0.2, 0.25) is 0 Å². The second kappa shape index (κ2) is 8.52. The highest BCUT2D eigenvalue weighted by Crippen LogP contribution is 2.42. The van der Waals surface area contributed by atoms with Crippen LogP contribution in [-0.4, -0.2) is 82.6 Å². The third kappa shape index (κ3) is 4.00. The third-order valence-electron chi connectivity index (χ3n) is 5.32. The van der Waals surface area contributed by atoms with Crippen molar-refractivity contribution in [3.8, 4) is 45.8 Å². The highest BCUT2D eigenvalue weighted by molar-refractivity contribution is 5.88. The standard InChI is InChI=1S/C21H18O14/c22-7-3-6(33-21-17(30)14(27)16(29)19(35-21)20(31)32)4-10-11(7)13(26)15(28)18(34-10)5-1-8(23)12(25)9(24)2-5/h1-4,14,16-17,19,21-25,27-30H,(H,31,32)/t14-,16-,17+,19-,21+/m0/s1. The fraction of sp³-hybridized carbons (Fsp3) is 0.238. The number of aliphatic carboxylic acids is 1. The van der Waals surface area contributed by atoms with Gasteiger partial charge < -0.3 is 59.8 Å². The van der Waals surface area contributed by atoms with Gasteiger partial charge in [-0.1, -0.05) is 0 Å². The molecule has 0 aliphatic carbocycles. The number of carbonyl (C=O) groups is 1. The van der Waals surface area contributed by atoms with Gasteiger partial charge in [-0.3, -0.25) is 4.79 Å². The minimum absolute atomic E-state index is 0.229. The maximum absolute atomic E-state index is 12.7. The van der Waals surface area contributed by atoms with Gasteiger partial charge in [-0.25, -0.2) is 4.79 Å². The Balaban J connectivity index is 1.79. The lowest BCUT2D eigenvalue weighted by atomic mass is 9.99. The molecule has 0 amide bonds. The lowest BCUT2D eigenvalue weighted by molar-refractivity contribution is -0.271. The quantitative estimate of drug-likeness (QED) is 0.203. The van der Waals surface area contributed by atoms with E-state index in [0.717, 1.165) is 24.3 Å². The Labute approximate surface area is 193 Å². The van der Waals surface area contributed by atoms with Crippen LogP contribution in [0.1, 0.15) is 0 Å². The number of hydrogen-bond acceptors (Lipinski definition) is 13. The minimum Gasteiger partial charge on any atom is -0.507 e. The summed E-state index contributed by atoms with van der Waals surface area (Å²) in [7, 11) is 0. The Hall–Kier alpha value is -4.24. The van der Waals surface area contributed by atoms with Crippen LogP contribution in [0.25, 0.3) is 22.3 Å². The summed E-state index contributed by atoms with van der Waals surface area (Å²) in [5, 5.41) is 88.0. The molecule has 1 aromatic heterocycles. The molecule has 2 aromatic carbocycles. The summed E-state index contributed by atoms with van der Waals surface area (Å²) in [4.78, 5) is 23.9. The SMILES string of the molecule is O=C(O)[C@H]1O[C@@H](Oc2cc(O)c3c(=O)c(O)c(-c4cc(O)c(O)c(O)c4)oc3c2)[C@H](O)[C@@H](O)[C@@H]1O. The summed E-state index contributed by atoms with van der Waals surface area (Å²) in [5.41, 5.74) is -1.74. The normalized spacial score (nSPS) is 24.4. The monoisotopic (exact) mass is 494 g/mol. The summed E-state index contributed by atoms with van der Waals surface area (Å²) < 4.78 is 15.8. The molecule has 1 fully saturated rings. The molecule has 14 heteroatoms. The first kappa shape index (κ1) is 23.9. The van der Waals surface area contributed by atoms with Gasteiger partial charge in [0.05, 0.1) is 0 Å². The zero-order valence-corrected chi connectivity index (χ0v) is 17.3. The molecule has 4 rings (SSSR count). The Bertz CT molecular complexity index is 1360. The van der Waals surface area contributed by atoms with E-state index >= 15 is 0 Å². The van der Waals surface area contributed by atoms with E-state index in [2.05, 4.69) is 0 Å². The number of carboxylic acids is 1. The molecule has 35 heavy (non-hydrogen) atoms. The summed E-state index contributed by atoms with van der Waals surface area (Å²) >= 11 is 0. The first-order chi connectivity index (χ1) is 16.4. The number of ether oxygens (including phenoxy) is 2. The number of hydrogen-bond donors (Lipinski definition) is 9. The molecule has 0 radical (unpaired) electrons. The third-order valence-corrected chi connectivity index (χ3v) is 5.32. The molecule has 0 saturated carbocycles. The summed E-state index contributed by atoms with van der Waals surface area (Å²) in [6.45, 7) is 0. The van der Waals surface area contributed by atoms with Crippen molar-refractivity contribution in [1.82, 2.24) is 0 Å². The molecule has 0 spiro atoms. The van der Waals surface area contributed by atoms with E-state index in [4.69, 9.17) is 19.0 Å². The number of aromatic hydroxyl groups is 5. The summed E-state index contributed by atoms with van der Waals surface area (Å²) in [6.07, 6.45) is -9.62. The van der Waals surface area contributed by atoms with Gasteiger partial charge in [0.15, 0.2) is 29.1 Å². The number of aliphatic hydroxyl groups is 3. The van der Waals surface area contributed by atoms with Crippen LogP contribution >= 0.6 is 0 Å². The topological polar surface area (TPSA) is 248 Å². The molecule has 14 nitrogen and oxygen atoms in total. The van der Waals surface area contributed by atoms with E-state index in [-0.39, 0.29) is 11.3 Å². The van der Waals surface area contributed by atoms with E-state index in [0.29, 0.717) is 0 Å². The molecule has 186 valence electrons. The van der Waals surface area contributed by atoms with Crippen molar-refractivity contribution in [3.05, 3.63) is 34.5 Å². The van der Waals surface area contributed by atoms with Gasteiger partial charge in [0.1, 0.15) is 40.8 Å². The Morgan fingerprint density at radius 1 is 0.829 bits per heavy atom. The minimum atomic E-state index is -1.96. The number of benzene rings is 2. The van der Waals surface area contributed by atoms with Crippen LogP contribution in [0.15, 0.2) is 33.5 Å². The van der Waals surface area contributed by atoms with Gasteiger partial charge in [-0.15, -0.1) is 0 Å². The molecule has 1 saturated heterocycles. The van der Waals surface area contributed by atoms with Crippen LogP contribution in [0.5, 0.6) is 34.5 Å². The molecular weight excluding hydrogens is 476 g/mol. The molecule has 0 bridgehead atoms. The van der Waals surface area contributed by atoms with Crippen molar-refractivity contribution in [1.29, 1.82) is 0 Å². The number of carboxylic acid groups (broad SMARTS) is 1. The van der Waals surface area contributed by atoms with Crippen molar-refractivity contribution in [3.63, 3.8) is 0 Å². The fourth-order valence-electron chi connectivity index (χ4n) is 3.55. The average molecular weight is 494 g/mol. The number of phenols is 4. The van der Waals surface area contributed by atoms with Crippen LogP contribution in [0, 0.1) is 0 Å². The molecule has 2 heterocycles. The zero-order chi connectivity index (χ0) is 25.8. The van der Waals surface area contributed by atoms with Crippen LogP contribution in [0.3, 0.4) is 0 Å². The highest BCUT2D eigenvalue weighted by Gasteiger charge is 2.48. The van der Waals surface area contributed by atoms with Gasteiger partial charge in [0, 0.05) is 17.7 Å². The van der Waals surface area contributed by atoms with Crippen molar-refractivity contribution in [2.24, 2.45) is 0 Å². The molecule has 9 N–H and O–H groups in total. The lowest BCUT2D eigenvalue weighted by Crippen LogP contribution is -2.61. The van der Waals surface area contributed by atoms with E-state index in [9.17, 15) is 50.4 Å². The van der Waals surface area contributed by atoms with E-state index in [1.807, 2.05) is 0 Å². The first-order valence-corrected chi connectivity index (χ1v) is 9.78. The molecular formula is C21H18O14. The number of aliphatic hydroxyl groups excluding tert-OH is 3. The lowest BCUT2D eigenvalue weighted by Gasteiger charge is -2.38. The zero-order valence-electron chi connectivity index (χ0n) is 17.3. The number of phenolic OH excluding ortho intramolecular Hbond substituents is 4. The van der Waals surface area contributed by atoms with Crippen LogP contribution in [-0.2, 0) is 9.53 Å². The smallest absolute Gasteiger partial charge is 0.335 e. The number of rotatable bonds is 4. The molecule has 1 aliphatic rings. The fourth-order valence-corrected chi connectivity index (χ4v) is 3.55. The highest BCUT2D eigenvalue weighted by atomic mass is 16.7. The second-order valence-corrected chi connectivity index (χ2v) is 7.64. The van der Waals surface area contributed by atoms with Gasteiger partial charge in [0.2, 0.25) is 17.5 Å². The summed E-state index contributed by atoms with van der Waals surface area (Å²) in [6, 6.07) is 3.62. The van der Waals surface area contributed by atoms with Gasteiger partial charge in [-0.05, 0) is 12.1 Å². The second-order valence-electron chi connectivity index (χ2n) is 7.64. The first-order valence-electron chi connectivity index (χ1n) is 9.78. The van der Waals surface area contributed by atoms with Crippen molar-refractivity contribution < 1.29 is 64.6 Å². The number of fused-ring (bicyclic) bond motifs is 1. The van der Waals surface area contributed by atoms with Crippen LogP contribution in [0.4, 0.5) is 0 Å². The maximum Gasteiger partial charge on any atom is 0.335 e. The van der Waals surface area contributed by atoms with E-state index in [1.54, 1.807) is 0 Å². The van der Waals surface area contributed by atoms with Crippen molar-refractivity contribution in [2.45, 2.75) is 30.7 Å². The Kier molecular flexibility index (Phi) is 5.82. The van der Waals surface area contributed by atoms with E-state index in [1.165, 1.54) is 0 Å². The predicted molar refractivity (Wildman–Crippen MR) is 111 cm³/mol. The van der Waals surface area contributed by atoms with E-state index < -0.39 is 87.6 Å². The largest absolute Gasteiger partial charge is 0.507 e. The maximum atomic E-state index is 12.7. The molecule has 1 aliphatic heterocycles. The van der Waals surface area contributed by atoms with Gasteiger partial charge >= 0.3 is 5.97 Å².